The summed E-state index contributed by atoms with van der Waals surface area (Å²) in [7, 11) is 1.10. The fourth-order valence-electron chi connectivity index (χ4n) is 1.56. The Hall–Kier alpha value is -2.25. The molecule has 0 saturated heterocycles. The van der Waals surface area contributed by atoms with Crippen LogP contribution in [0.3, 0.4) is 0 Å². The van der Waals surface area contributed by atoms with E-state index in [2.05, 4.69) is 4.74 Å². The molecule has 0 radical (unpaired) electrons. The number of methoxy groups -OCH3 is 1. The summed E-state index contributed by atoms with van der Waals surface area (Å²) in [5.74, 6) is -2.86. The summed E-state index contributed by atoms with van der Waals surface area (Å²) in [6.45, 7) is 2.26. The van der Waals surface area contributed by atoms with Crippen molar-refractivity contribution in [2.75, 3.05) is 7.11 Å². The summed E-state index contributed by atoms with van der Waals surface area (Å²) in [6, 6.07) is 0. The van der Waals surface area contributed by atoms with Crippen LogP contribution in [0.25, 0.3) is 0 Å². The number of carbonyl (C=O) groups is 3. The fraction of sp³-hybridized carbons (Fsp3) is 0.545. The van der Waals surface area contributed by atoms with Gasteiger partial charge in [0.05, 0.1) is 7.11 Å². The maximum absolute atomic E-state index is 11.5. The maximum Gasteiger partial charge on any atom is 0.351 e. The van der Waals surface area contributed by atoms with Crippen molar-refractivity contribution in [3.8, 4) is 0 Å². The van der Waals surface area contributed by atoms with Gasteiger partial charge in [-0.15, -0.1) is 0 Å². The summed E-state index contributed by atoms with van der Waals surface area (Å²) in [4.78, 5) is 33.5. The molecule has 3 atom stereocenters. The summed E-state index contributed by atoms with van der Waals surface area (Å²) in [6.07, 6.45) is -2.76. The summed E-state index contributed by atoms with van der Waals surface area (Å²) < 4.78 is 19.1. The van der Waals surface area contributed by atoms with Crippen molar-refractivity contribution in [1.29, 1.82) is 0 Å². The average Bonchev–Trinajstić information content (AvgIpc) is 2.30. The Labute approximate surface area is 108 Å². The summed E-state index contributed by atoms with van der Waals surface area (Å²) in [5, 5.41) is 9.36. The molecule has 0 bridgehead atoms. The van der Waals surface area contributed by atoms with Crippen LogP contribution in [0.2, 0.25) is 0 Å². The fourth-order valence-corrected chi connectivity index (χ4v) is 1.56. The molecule has 8 nitrogen and oxygen atoms in total. The van der Waals surface area contributed by atoms with Crippen LogP contribution in [0.5, 0.6) is 0 Å². The van der Waals surface area contributed by atoms with Crippen LogP contribution in [0.15, 0.2) is 12.0 Å². The largest absolute Gasteiger partial charge is 0.481 e. The van der Waals surface area contributed by atoms with Gasteiger partial charge < -0.3 is 24.1 Å². The molecule has 0 spiro atoms. The average molecular weight is 274 g/mol. The highest BCUT2D eigenvalue weighted by Crippen LogP contribution is 2.23. The molecule has 8 heteroatoms. The number of hydrogen-bond donors (Lipinski definition) is 1. The minimum atomic E-state index is -1.41. The summed E-state index contributed by atoms with van der Waals surface area (Å²) >= 11 is 0. The molecule has 0 aliphatic carbocycles. The van der Waals surface area contributed by atoms with E-state index < -0.39 is 42.2 Å². The van der Waals surface area contributed by atoms with Crippen molar-refractivity contribution in [3.63, 3.8) is 0 Å². The Morgan fingerprint density at radius 2 is 1.79 bits per heavy atom. The van der Waals surface area contributed by atoms with E-state index >= 15 is 0 Å². The van der Waals surface area contributed by atoms with Crippen LogP contribution in [-0.2, 0) is 33.3 Å². The molecule has 1 aliphatic heterocycles. The minimum absolute atomic E-state index is 0.620. The van der Waals surface area contributed by atoms with Gasteiger partial charge in [0.2, 0.25) is 6.10 Å². The molecule has 0 amide bonds. The van der Waals surface area contributed by atoms with Crippen LogP contribution in [-0.4, -0.2) is 48.4 Å². The summed E-state index contributed by atoms with van der Waals surface area (Å²) in [5.41, 5.74) is 0. The molecule has 19 heavy (non-hydrogen) atoms. The Morgan fingerprint density at radius 3 is 2.26 bits per heavy atom. The number of ether oxygens (including phenoxy) is 4. The van der Waals surface area contributed by atoms with Crippen molar-refractivity contribution in [2.24, 2.45) is 0 Å². The highest BCUT2D eigenvalue weighted by molar-refractivity contribution is 5.77. The van der Waals surface area contributed by atoms with Gasteiger partial charge in [-0.25, -0.2) is 4.79 Å². The molecule has 1 N–H and O–H groups in total. The van der Waals surface area contributed by atoms with Gasteiger partial charge in [0.25, 0.3) is 5.95 Å². The lowest BCUT2D eigenvalue weighted by Crippen LogP contribution is -2.50. The molecule has 0 fully saturated rings. The van der Waals surface area contributed by atoms with Crippen molar-refractivity contribution in [3.05, 3.63) is 12.0 Å². The molecule has 1 aliphatic rings. The monoisotopic (exact) mass is 274 g/mol. The van der Waals surface area contributed by atoms with Crippen molar-refractivity contribution >= 4 is 17.9 Å². The zero-order valence-corrected chi connectivity index (χ0v) is 10.6. The standard InChI is InChI=1S/C11H14O8/c1-5(12)17-7-4-8(14)19-10(11(15)16-3)9(7)18-6(2)13/h4,7,9-10,14H,1-3H3. The highest BCUT2D eigenvalue weighted by atomic mass is 16.7. The van der Waals surface area contributed by atoms with Crippen LogP contribution < -0.4 is 0 Å². The molecule has 1 heterocycles. The Kier molecular flexibility index (Phi) is 4.74. The molecule has 106 valence electrons. The van der Waals surface area contributed by atoms with Gasteiger partial charge in [-0.05, 0) is 0 Å². The lowest BCUT2D eigenvalue weighted by atomic mass is 10.1. The molecule has 3 unspecified atom stereocenters. The Bertz CT molecular complexity index is 413. The second-order valence-electron chi connectivity index (χ2n) is 3.71. The zero-order valence-electron chi connectivity index (χ0n) is 10.6. The van der Waals surface area contributed by atoms with Gasteiger partial charge in [-0.1, -0.05) is 0 Å². The van der Waals surface area contributed by atoms with Crippen LogP contribution in [0.1, 0.15) is 13.8 Å². The number of rotatable bonds is 3. The number of hydrogen-bond acceptors (Lipinski definition) is 8. The van der Waals surface area contributed by atoms with Crippen LogP contribution in [0, 0.1) is 0 Å². The smallest absolute Gasteiger partial charge is 0.351 e. The molecular formula is C11H14O8. The SMILES string of the molecule is COC(=O)C1OC(O)=CC(OC(C)=O)C1OC(C)=O. The molecular weight excluding hydrogens is 260 g/mol. The number of esters is 3. The van der Waals surface area contributed by atoms with E-state index in [9.17, 15) is 19.5 Å². The second-order valence-corrected chi connectivity index (χ2v) is 3.71. The number of carbonyl (C=O) groups excluding carboxylic acids is 3. The molecule has 0 aromatic heterocycles. The van der Waals surface area contributed by atoms with Gasteiger partial charge in [0.15, 0.2) is 12.2 Å². The number of aliphatic hydroxyl groups excluding tert-OH is 1. The molecule has 0 aromatic carbocycles. The Morgan fingerprint density at radius 1 is 1.21 bits per heavy atom. The third-order valence-corrected chi connectivity index (χ3v) is 2.21. The lowest BCUT2D eigenvalue weighted by molar-refractivity contribution is -0.190. The first kappa shape index (κ1) is 14.8. The van der Waals surface area contributed by atoms with E-state index in [0.717, 1.165) is 27.0 Å². The minimum Gasteiger partial charge on any atom is -0.481 e. The van der Waals surface area contributed by atoms with E-state index in [1.165, 1.54) is 0 Å². The van der Waals surface area contributed by atoms with Crippen LogP contribution in [0.4, 0.5) is 0 Å². The normalized spacial score (nSPS) is 25.6. The van der Waals surface area contributed by atoms with Gasteiger partial charge in [0.1, 0.15) is 0 Å². The predicted molar refractivity (Wildman–Crippen MR) is 58.7 cm³/mol. The van der Waals surface area contributed by atoms with Crippen molar-refractivity contribution in [2.45, 2.75) is 32.2 Å². The van der Waals surface area contributed by atoms with Gasteiger partial charge >= 0.3 is 17.9 Å². The molecule has 0 aromatic rings. The van der Waals surface area contributed by atoms with Crippen molar-refractivity contribution < 1.29 is 38.4 Å². The van der Waals surface area contributed by atoms with Crippen molar-refractivity contribution in [1.82, 2.24) is 0 Å². The highest BCUT2D eigenvalue weighted by Gasteiger charge is 2.44. The predicted octanol–water partition coefficient (Wildman–Crippen LogP) is -0.179. The van der Waals surface area contributed by atoms with E-state index in [1.807, 2.05) is 0 Å². The van der Waals surface area contributed by atoms with E-state index in [4.69, 9.17) is 14.2 Å². The van der Waals surface area contributed by atoms with E-state index in [1.54, 1.807) is 0 Å². The molecule has 0 saturated carbocycles. The van der Waals surface area contributed by atoms with Gasteiger partial charge in [-0.3, -0.25) is 9.59 Å². The lowest BCUT2D eigenvalue weighted by Gasteiger charge is -2.32. The molecule has 1 rings (SSSR count). The number of aliphatic hydroxyl groups is 1. The first-order valence-corrected chi connectivity index (χ1v) is 5.35. The maximum atomic E-state index is 11.5. The quantitative estimate of drug-likeness (QED) is 0.557. The third-order valence-electron chi connectivity index (χ3n) is 2.21. The zero-order chi connectivity index (χ0) is 14.6. The Balaban J connectivity index is 3.03. The van der Waals surface area contributed by atoms with E-state index in [-0.39, 0.29) is 0 Å². The van der Waals surface area contributed by atoms with Gasteiger partial charge in [-0.2, -0.15) is 0 Å². The topological polar surface area (TPSA) is 108 Å². The van der Waals surface area contributed by atoms with Crippen LogP contribution >= 0.6 is 0 Å². The first-order valence-electron chi connectivity index (χ1n) is 5.35. The van der Waals surface area contributed by atoms with E-state index in [0.29, 0.717) is 0 Å². The third kappa shape index (κ3) is 3.87. The van der Waals surface area contributed by atoms with Gasteiger partial charge in [0, 0.05) is 19.9 Å². The first-order chi connectivity index (χ1) is 8.85. The second kappa shape index (κ2) is 6.07.